The monoisotopic (exact) mass is 458 g/mol. The molecule has 1 fully saturated rings. The highest BCUT2D eigenvalue weighted by atomic mass is 35.5. The number of hydrogen-bond acceptors (Lipinski definition) is 4. The van der Waals surface area contributed by atoms with Crippen molar-refractivity contribution in [2.45, 2.75) is 45.4 Å². The van der Waals surface area contributed by atoms with Gasteiger partial charge in [0.05, 0.1) is 18.8 Å². The third-order valence-electron chi connectivity index (χ3n) is 6.30. The smallest absolute Gasteiger partial charge is 0.335 e. The van der Waals surface area contributed by atoms with Gasteiger partial charge in [-0.25, -0.2) is 4.79 Å². The van der Waals surface area contributed by atoms with E-state index in [1.807, 2.05) is 25.3 Å². The SMILES string of the molecule is CCOC1CCN(Cc2c(OC)cc(C)c3[nH]ccc23)[C@H](c2ccc(C(=O)O)cc2)C1.Cl. The molecule has 1 aliphatic heterocycles. The van der Waals surface area contributed by atoms with Gasteiger partial charge in [0.1, 0.15) is 5.75 Å². The van der Waals surface area contributed by atoms with E-state index < -0.39 is 5.97 Å². The first-order valence-electron chi connectivity index (χ1n) is 10.8. The van der Waals surface area contributed by atoms with Gasteiger partial charge in [-0.3, -0.25) is 4.90 Å². The molecule has 0 amide bonds. The molecule has 0 saturated carbocycles. The van der Waals surface area contributed by atoms with Crippen LogP contribution in [-0.4, -0.2) is 47.3 Å². The number of benzene rings is 2. The maximum atomic E-state index is 11.3. The lowest BCUT2D eigenvalue weighted by molar-refractivity contribution is -0.0138. The molecule has 0 radical (unpaired) electrons. The summed E-state index contributed by atoms with van der Waals surface area (Å²) in [6.07, 6.45) is 4.04. The average molecular weight is 459 g/mol. The van der Waals surface area contributed by atoms with Crippen molar-refractivity contribution in [2.75, 3.05) is 20.3 Å². The number of rotatable bonds is 7. The molecular formula is C25H31ClN2O4. The molecule has 7 heteroatoms. The van der Waals surface area contributed by atoms with E-state index in [-0.39, 0.29) is 24.6 Å². The fourth-order valence-electron chi connectivity index (χ4n) is 4.74. The highest BCUT2D eigenvalue weighted by Gasteiger charge is 2.31. The minimum absolute atomic E-state index is 0. The number of H-pyrrole nitrogens is 1. The molecule has 32 heavy (non-hydrogen) atoms. The van der Waals surface area contributed by atoms with Crippen molar-refractivity contribution >= 4 is 29.3 Å². The van der Waals surface area contributed by atoms with Gasteiger partial charge in [-0.1, -0.05) is 12.1 Å². The molecule has 1 unspecified atom stereocenters. The van der Waals surface area contributed by atoms with Crippen LogP contribution in [-0.2, 0) is 11.3 Å². The highest BCUT2D eigenvalue weighted by molar-refractivity contribution is 5.88. The number of aromatic amines is 1. The van der Waals surface area contributed by atoms with Gasteiger partial charge in [-0.2, -0.15) is 0 Å². The fourth-order valence-corrected chi connectivity index (χ4v) is 4.74. The molecule has 2 heterocycles. The molecule has 3 aromatic rings. The zero-order valence-electron chi connectivity index (χ0n) is 18.8. The van der Waals surface area contributed by atoms with Gasteiger partial charge < -0.3 is 19.6 Å². The molecule has 4 rings (SSSR count). The summed E-state index contributed by atoms with van der Waals surface area (Å²) in [5, 5.41) is 10.4. The van der Waals surface area contributed by atoms with Gasteiger partial charge in [-0.05, 0) is 62.1 Å². The Morgan fingerprint density at radius 1 is 1.25 bits per heavy atom. The van der Waals surface area contributed by atoms with E-state index in [9.17, 15) is 9.90 Å². The predicted molar refractivity (Wildman–Crippen MR) is 128 cm³/mol. The maximum absolute atomic E-state index is 11.3. The first-order valence-corrected chi connectivity index (χ1v) is 10.8. The molecule has 2 atom stereocenters. The van der Waals surface area contributed by atoms with E-state index in [0.717, 1.165) is 48.3 Å². The third-order valence-corrected chi connectivity index (χ3v) is 6.30. The van der Waals surface area contributed by atoms with Crippen LogP contribution in [0.25, 0.3) is 10.9 Å². The summed E-state index contributed by atoms with van der Waals surface area (Å²) in [5.74, 6) is -0.00464. The van der Waals surface area contributed by atoms with Crippen molar-refractivity contribution in [3.63, 3.8) is 0 Å². The maximum Gasteiger partial charge on any atom is 0.335 e. The summed E-state index contributed by atoms with van der Waals surface area (Å²) in [4.78, 5) is 17.1. The van der Waals surface area contributed by atoms with Crippen molar-refractivity contribution in [2.24, 2.45) is 0 Å². The number of aromatic carboxylic acids is 1. The first kappa shape index (κ1) is 24.1. The molecule has 0 aliphatic carbocycles. The first-order chi connectivity index (χ1) is 15.0. The lowest BCUT2D eigenvalue weighted by Gasteiger charge is -2.40. The van der Waals surface area contributed by atoms with Crippen molar-refractivity contribution in [1.29, 1.82) is 0 Å². The van der Waals surface area contributed by atoms with Crippen LogP contribution in [0, 0.1) is 6.92 Å². The largest absolute Gasteiger partial charge is 0.496 e. The van der Waals surface area contributed by atoms with Crippen LogP contribution >= 0.6 is 12.4 Å². The number of hydrogen-bond donors (Lipinski definition) is 2. The van der Waals surface area contributed by atoms with E-state index in [0.29, 0.717) is 12.2 Å². The van der Waals surface area contributed by atoms with Crippen molar-refractivity contribution in [3.05, 3.63) is 64.8 Å². The quantitative estimate of drug-likeness (QED) is 0.499. The number of piperidine rings is 1. The van der Waals surface area contributed by atoms with Crippen LogP contribution in [0.3, 0.4) is 0 Å². The van der Waals surface area contributed by atoms with E-state index in [4.69, 9.17) is 9.47 Å². The van der Waals surface area contributed by atoms with E-state index in [2.05, 4.69) is 28.9 Å². The van der Waals surface area contributed by atoms with Gasteiger partial charge in [0, 0.05) is 48.4 Å². The third kappa shape index (κ3) is 4.77. The van der Waals surface area contributed by atoms with Crippen LogP contribution in [0.5, 0.6) is 5.75 Å². The Morgan fingerprint density at radius 2 is 2.00 bits per heavy atom. The molecular weight excluding hydrogens is 428 g/mol. The molecule has 0 spiro atoms. The molecule has 1 aromatic heterocycles. The summed E-state index contributed by atoms with van der Waals surface area (Å²) < 4.78 is 11.7. The second-order valence-corrected chi connectivity index (χ2v) is 8.16. The van der Waals surface area contributed by atoms with E-state index >= 15 is 0 Å². The zero-order chi connectivity index (χ0) is 22.0. The lowest BCUT2D eigenvalue weighted by atomic mass is 9.91. The molecule has 1 aliphatic rings. The predicted octanol–water partition coefficient (Wildman–Crippen LogP) is 5.35. The number of ether oxygens (including phenoxy) is 2. The van der Waals surface area contributed by atoms with E-state index in [1.165, 1.54) is 10.9 Å². The number of nitrogens with one attached hydrogen (secondary N) is 1. The highest BCUT2D eigenvalue weighted by Crippen LogP contribution is 2.37. The Kier molecular flexibility index (Phi) is 7.82. The Labute approximate surface area is 194 Å². The lowest BCUT2D eigenvalue weighted by Crippen LogP contribution is -2.39. The number of carbonyl (C=O) groups is 1. The zero-order valence-corrected chi connectivity index (χ0v) is 19.6. The average Bonchev–Trinajstić information content (AvgIpc) is 3.27. The Balaban J connectivity index is 0.00000289. The summed E-state index contributed by atoms with van der Waals surface area (Å²) in [6.45, 7) is 6.47. The Bertz CT molecular complexity index is 1060. The van der Waals surface area contributed by atoms with Crippen molar-refractivity contribution in [3.8, 4) is 5.75 Å². The summed E-state index contributed by atoms with van der Waals surface area (Å²) in [6, 6.07) is 11.6. The van der Waals surface area contributed by atoms with Crippen LogP contribution in [0.4, 0.5) is 0 Å². The van der Waals surface area contributed by atoms with Gasteiger partial charge in [0.25, 0.3) is 0 Å². The van der Waals surface area contributed by atoms with Crippen molar-refractivity contribution in [1.82, 2.24) is 9.88 Å². The Hall–Kier alpha value is -2.54. The van der Waals surface area contributed by atoms with Gasteiger partial charge in [-0.15, -0.1) is 12.4 Å². The minimum atomic E-state index is -0.904. The molecule has 0 bridgehead atoms. The van der Waals surface area contributed by atoms with Gasteiger partial charge in [0.15, 0.2) is 0 Å². The number of fused-ring (bicyclic) bond motifs is 1. The van der Waals surface area contributed by atoms with Gasteiger partial charge >= 0.3 is 5.97 Å². The van der Waals surface area contributed by atoms with Crippen LogP contribution in [0.2, 0.25) is 0 Å². The number of likely N-dealkylation sites (tertiary alicyclic amines) is 1. The summed E-state index contributed by atoms with van der Waals surface area (Å²) in [7, 11) is 1.72. The molecule has 1 saturated heterocycles. The van der Waals surface area contributed by atoms with Crippen LogP contribution in [0.15, 0.2) is 42.6 Å². The number of halogens is 1. The fraction of sp³-hybridized carbons (Fsp3) is 0.400. The normalized spacial score (nSPS) is 19.0. The number of aromatic nitrogens is 1. The molecule has 2 N–H and O–H groups in total. The van der Waals surface area contributed by atoms with Gasteiger partial charge in [0.2, 0.25) is 0 Å². The summed E-state index contributed by atoms with van der Waals surface area (Å²) in [5.41, 5.74) is 4.90. The second-order valence-electron chi connectivity index (χ2n) is 8.16. The number of methoxy groups -OCH3 is 1. The number of nitrogens with zero attached hydrogens (tertiary/aromatic N) is 1. The van der Waals surface area contributed by atoms with Crippen molar-refractivity contribution < 1.29 is 19.4 Å². The molecule has 2 aromatic carbocycles. The standard InChI is InChI=1S/C25H30N2O4.ClH/c1-4-31-19-10-12-27(22(14-19)17-5-7-18(8-6-17)25(28)29)15-21-20-9-11-26-24(20)16(2)13-23(21)30-3;/h5-9,11,13,19,22,26H,4,10,12,14-15H2,1-3H3,(H,28,29);1H/t19?,22-;/m0./s1. The number of aryl methyl sites for hydroxylation is 1. The number of carboxylic acids is 1. The second kappa shape index (κ2) is 10.4. The van der Waals surface area contributed by atoms with Crippen LogP contribution in [0.1, 0.15) is 52.9 Å². The number of carboxylic acid groups (broad SMARTS) is 1. The molecule has 172 valence electrons. The van der Waals surface area contributed by atoms with E-state index in [1.54, 1.807) is 19.2 Å². The topological polar surface area (TPSA) is 74.8 Å². The molecule has 6 nitrogen and oxygen atoms in total. The Morgan fingerprint density at radius 3 is 2.66 bits per heavy atom. The summed E-state index contributed by atoms with van der Waals surface area (Å²) >= 11 is 0. The van der Waals surface area contributed by atoms with Crippen LogP contribution < -0.4 is 4.74 Å². The minimum Gasteiger partial charge on any atom is -0.496 e.